The van der Waals surface area contributed by atoms with Crippen molar-refractivity contribution in [3.8, 4) is 0 Å². The first kappa shape index (κ1) is 14.5. The Balaban J connectivity index is 1.86. The minimum atomic E-state index is -0.110. The number of amides is 2. The van der Waals surface area contributed by atoms with Gasteiger partial charge in [-0.25, -0.2) is 0 Å². The van der Waals surface area contributed by atoms with Crippen LogP contribution in [0.1, 0.15) is 33.6 Å². The molecule has 0 unspecified atom stereocenters. The van der Waals surface area contributed by atoms with E-state index in [9.17, 15) is 9.59 Å². The Kier molecular flexibility index (Phi) is 4.74. The summed E-state index contributed by atoms with van der Waals surface area (Å²) in [6, 6.07) is 7.10. The van der Waals surface area contributed by atoms with Crippen molar-refractivity contribution >= 4 is 11.8 Å². The summed E-state index contributed by atoms with van der Waals surface area (Å²) in [6.07, 6.45) is 2.14. The highest BCUT2D eigenvalue weighted by atomic mass is 16.2. The predicted octanol–water partition coefficient (Wildman–Crippen LogP) is 0.870. The van der Waals surface area contributed by atoms with Crippen LogP contribution in [0.25, 0.3) is 0 Å². The predicted molar refractivity (Wildman–Crippen MR) is 77.8 cm³/mol. The molecule has 2 N–H and O–H groups in total. The van der Waals surface area contributed by atoms with Crippen LogP contribution in [0.2, 0.25) is 0 Å². The zero-order valence-corrected chi connectivity index (χ0v) is 12.0. The molecule has 0 spiro atoms. The van der Waals surface area contributed by atoms with Gasteiger partial charge in [0.2, 0.25) is 0 Å². The van der Waals surface area contributed by atoms with E-state index in [0.717, 1.165) is 19.4 Å². The van der Waals surface area contributed by atoms with Crippen molar-refractivity contribution in [2.24, 2.45) is 0 Å². The second kappa shape index (κ2) is 6.52. The van der Waals surface area contributed by atoms with Gasteiger partial charge in [-0.05, 0) is 51.2 Å². The van der Waals surface area contributed by atoms with E-state index < -0.39 is 0 Å². The lowest BCUT2D eigenvalue weighted by Crippen LogP contribution is -2.31. The summed E-state index contributed by atoms with van der Waals surface area (Å²) in [5.41, 5.74) is 1.17. The molecule has 0 saturated heterocycles. The summed E-state index contributed by atoms with van der Waals surface area (Å²) in [6.45, 7) is 1.41. The number of likely N-dealkylation sites (N-methyl/N-ethyl adjacent to an activating group) is 1. The molecule has 20 heavy (non-hydrogen) atoms. The lowest BCUT2D eigenvalue weighted by atomic mass is 10.1. The highest BCUT2D eigenvalue weighted by Crippen LogP contribution is 2.19. The van der Waals surface area contributed by atoms with Crippen LogP contribution >= 0.6 is 0 Å². The summed E-state index contributed by atoms with van der Waals surface area (Å²) in [5.74, 6) is -0.173. The molecule has 1 saturated carbocycles. The Morgan fingerprint density at radius 1 is 1.10 bits per heavy atom. The molecule has 108 valence electrons. The van der Waals surface area contributed by atoms with Crippen LogP contribution in [0.3, 0.4) is 0 Å². The van der Waals surface area contributed by atoms with Crippen molar-refractivity contribution in [3.05, 3.63) is 35.4 Å². The lowest BCUT2D eigenvalue weighted by Gasteiger charge is -2.10. The van der Waals surface area contributed by atoms with E-state index in [1.165, 1.54) is 0 Å². The van der Waals surface area contributed by atoms with E-state index in [4.69, 9.17) is 0 Å². The maximum absolute atomic E-state index is 11.9. The first-order chi connectivity index (χ1) is 9.56. The van der Waals surface area contributed by atoms with Crippen LogP contribution < -0.4 is 10.6 Å². The van der Waals surface area contributed by atoms with Crippen molar-refractivity contribution < 1.29 is 9.59 Å². The van der Waals surface area contributed by atoms with Crippen molar-refractivity contribution in [1.82, 2.24) is 15.5 Å². The quantitative estimate of drug-likeness (QED) is 0.810. The van der Waals surface area contributed by atoms with E-state index in [1.807, 2.05) is 19.0 Å². The van der Waals surface area contributed by atoms with Crippen molar-refractivity contribution in [2.75, 3.05) is 27.2 Å². The van der Waals surface area contributed by atoms with Gasteiger partial charge in [0, 0.05) is 30.3 Å². The molecule has 1 fully saturated rings. The molecule has 1 aromatic rings. The SMILES string of the molecule is CN(C)CCNC(=O)c1ccc(C(=O)NC2CC2)cc1. The fourth-order valence-electron chi connectivity index (χ4n) is 1.76. The molecule has 5 heteroatoms. The normalized spacial score (nSPS) is 14.2. The fourth-order valence-corrected chi connectivity index (χ4v) is 1.76. The standard InChI is InChI=1S/C15H21N3O2/c1-18(2)10-9-16-14(19)11-3-5-12(6-4-11)15(20)17-13-7-8-13/h3-6,13H,7-10H2,1-2H3,(H,16,19)(H,17,20). The van der Waals surface area contributed by atoms with E-state index >= 15 is 0 Å². The molecule has 1 aromatic carbocycles. The Morgan fingerprint density at radius 3 is 2.15 bits per heavy atom. The van der Waals surface area contributed by atoms with E-state index in [1.54, 1.807) is 24.3 Å². The smallest absolute Gasteiger partial charge is 0.251 e. The largest absolute Gasteiger partial charge is 0.351 e. The summed E-state index contributed by atoms with van der Waals surface area (Å²) < 4.78 is 0. The van der Waals surface area contributed by atoms with Gasteiger partial charge < -0.3 is 15.5 Å². The number of nitrogens with zero attached hydrogens (tertiary/aromatic N) is 1. The highest BCUT2D eigenvalue weighted by Gasteiger charge is 2.23. The van der Waals surface area contributed by atoms with Crippen molar-refractivity contribution in [1.29, 1.82) is 0 Å². The molecule has 1 aliphatic rings. The molecular weight excluding hydrogens is 254 g/mol. The van der Waals surface area contributed by atoms with Gasteiger partial charge in [0.05, 0.1) is 0 Å². The third-order valence-electron chi connectivity index (χ3n) is 3.17. The van der Waals surface area contributed by atoms with Gasteiger partial charge in [-0.1, -0.05) is 0 Å². The minimum absolute atomic E-state index is 0.0629. The number of hydrogen-bond donors (Lipinski definition) is 2. The van der Waals surface area contributed by atoms with Crippen LogP contribution in [-0.4, -0.2) is 49.9 Å². The van der Waals surface area contributed by atoms with Gasteiger partial charge in [-0.2, -0.15) is 0 Å². The van der Waals surface area contributed by atoms with Gasteiger partial charge in [0.1, 0.15) is 0 Å². The maximum atomic E-state index is 11.9. The van der Waals surface area contributed by atoms with Gasteiger partial charge in [0.25, 0.3) is 11.8 Å². The van der Waals surface area contributed by atoms with E-state index in [2.05, 4.69) is 10.6 Å². The second-order valence-electron chi connectivity index (χ2n) is 5.38. The lowest BCUT2D eigenvalue weighted by molar-refractivity contribution is 0.0939. The van der Waals surface area contributed by atoms with Gasteiger partial charge in [0.15, 0.2) is 0 Å². The zero-order chi connectivity index (χ0) is 14.5. The number of rotatable bonds is 6. The van der Waals surface area contributed by atoms with Crippen LogP contribution in [-0.2, 0) is 0 Å². The molecule has 2 amide bonds. The highest BCUT2D eigenvalue weighted by molar-refractivity contribution is 5.97. The summed E-state index contributed by atoms with van der Waals surface area (Å²) in [5, 5.41) is 5.76. The van der Waals surface area contributed by atoms with Gasteiger partial charge in [-0.15, -0.1) is 0 Å². The van der Waals surface area contributed by atoms with E-state index in [-0.39, 0.29) is 11.8 Å². The number of carbonyl (C=O) groups excluding carboxylic acids is 2. The number of carbonyl (C=O) groups is 2. The Bertz CT molecular complexity index is 478. The van der Waals surface area contributed by atoms with E-state index in [0.29, 0.717) is 23.7 Å². The van der Waals surface area contributed by atoms with Crippen LogP contribution in [0.4, 0.5) is 0 Å². The summed E-state index contributed by atoms with van der Waals surface area (Å²) in [4.78, 5) is 25.7. The Morgan fingerprint density at radius 2 is 1.65 bits per heavy atom. The summed E-state index contributed by atoms with van der Waals surface area (Å²) >= 11 is 0. The fraction of sp³-hybridized carbons (Fsp3) is 0.467. The average Bonchev–Trinajstić information content (AvgIpc) is 3.22. The maximum Gasteiger partial charge on any atom is 0.251 e. The van der Waals surface area contributed by atoms with Gasteiger partial charge in [-0.3, -0.25) is 9.59 Å². The topological polar surface area (TPSA) is 61.4 Å². The summed E-state index contributed by atoms with van der Waals surface area (Å²) in [7, 11) is 3.92. The molecule has 1 aliphatic carbocycles. The first-order valence-electron chi connectivity index (χ1n) is 6.90. The van der Waals surface area contributed by atoms with Crippen LogP contribution in [0.5, 0.6) is 0 Å². The average molecular weight is 275 g/mol. The third kappa shape index (κ3) is 4.35. The Labute approximate surface area is 119 Å². The second-order valence-corrected chi connectivity index (χ2v) is 5.38. The molecule has 0 heterocycles. The van der Waals surface area contributed by atoms with Crippen molar-refractivity contribution in [3.63, 3.8) is 0 Å². The molecule has 0 bridgehead atoms. The monoisotopic (exact) mass is 275 g/mol. The molecule has 0 atom stereocenters. The molecular formula is C15H21N3O2. The molecule has 0 aromatic heterocycles. The van der Waals surface area contributed by atoms with Gasteiger partial charge >= 0.3 is 0 Å². The van der Waals surface area contributed by atoms with Crippen molar-refractivity contribution in [2.45, 2.75) is 18.9 Å². The molecule has 2 rings (SSSR count). The third-order valence-corrected chi connectivity index (χ3v) is 3.17. The zero-order valence-electron chi connectivity index (χ0n) is 12.0. The molecule has 0 aliphatic heterocycles. The molecule has 5 nitrogen and oxygen atoms in total. The number of hydrogen-bond acceptors (Lipinski definition) is 3. The van der Waals surface area contributed by atoms with Crippen LogP contribution in [0.15, 0.2) is 24.3 Å². The Hall–Kier alpha value is -1.88. The minimum Gasteiger partial charge on any atom is -0.351 e. The first-order valence-corrected chi connectivity index (χ1v) is 6.90. The number of nitrogens with one attached hydrogen (secondary N) is 2. The van der Waals surface area contributed by atoms with Crippen LogP contribution in [0, 0.1) is 0 Å². The number of benzene rings is 1. The molecule has 0 radical (unpaired) electrons.